The molecule has 1 fully saturated rings. The summed E-state index contributed by atoms with van der Waals surface area (Å²) in [4.78, 5) is 2.39. The van der Waals surface area contributed by atoms with E-state index in [4.69, 9.17) is 5.26 Å². The molecule has 0 saturated heterocycles. The van der Waals surface area contributed by atoms with Crippen LogP contribution in [0.4, 0.5) is 0 Å². The average molecular weight is 194 g/mol. The lowest BCUT2D eigenvalue weighted by Crippen LogP contribution is -2.35. The molecule has 0 aromatic rings. The van der Waals surface area contributed by atoms with Crippen molar-refractivity contribution in [3.63, 3.8) is 0 Å². The SMILES string of the molecule is CC(C)CCN(C)C1CCCC1C#N. The third kappa shape index (κ3) is 2.99. The van der Waals surface area contributed by atoms with Crippen LogP contribution in [0, 0.1) is 23.2 Å². The quantitative estimate of drug-likeness (QED) is 0.688. The Kier molecular flexibility index (Phi) is 4.41. The van der Waals surface area contributed by atoms with Gasteiger partial charge < -0.3 is 4.90 Å². The predicted octanol–water partition coefficient (Wildman–Crippen LogP) is 2.66. The van der Waals surface area contributed by atoms with Gasteiger partial charge in [-0.3, -0.25) is 0 Å². The van der Waals surface area contributed by atoms with E-state index in [9.17, 15) is 0 Å². The van der Waals surface area contributed by atoms with Crippen molar-refractivity contribution in [3.05, 3.63) is 0 Å². The summed E-state index contributed by atoms with van der Waals surface area (Å²) < 4.78 is 0. The van der Waals surface area contributed by atoms with Crippen LogP contribution in [-0.2, 0) is 0 Å². The second kappa shape index (κ2) is 5.36. The molecule has 1 rings (SSSR count). The van der Waals surface area contributed by atoms with Crippen LogP contribution in [0.3, 0.4) is 0 Å². The van der Waals surface area contributed by atoms with E-state index in [0.29, 0.717) is 6.04 Å². The van der Waals surface area contributed by atoms with Gasteiger partial charge in [0.05, 0.1) is 12.0 Å². The van der Waals surface area contributed by atoms with Crippen LogP contribution >= 0.6 is 0 Å². The lowest BCUT2D eigenvalue weighted by atomic mass is 10.0. The molecule has 0 spiro atoms. The van der Waals surface area contributed by atoms with Gasteiger partial charge in [-0.25, -0.2) is 0 Å². The standard InChI is InChI=1S/C12H22N2/c1-10(2)7-8-14(3)12-6-4-5-11(12)9-13/h10-12H,4-8H2,1-3H3. The Balaban J connectivity index is 2.36. The molecule has 0 heterocycles. The highest BCUT2D eigenvalue weighted by atomic mass is 15.1. The van der Waals surface area contributed by atoms with E-state index in [2.05, 4.69) is 31.9 Å². The molecule has 0 bridgehead atoms. The van der Waals surface area contributed by atoms with Crippen molar-refractivity contribution >= 4 is 0 Å². The zero-order valence-corrected chi connectivity index (χ0v) is 9.66. The highest BCUT2D eigenvalue weighted by molar-refractivity contribution is 4.96. The molecule has 2 heteroatoms. The lowest BCUT2D eigenvalue weighted by Gasteiger charge is -2.27. The lowest BCUT2D eigenvalue weighted by molar-refractivity contribution is 0.209. The molecule has 2 atom stereocenters. The number of nitrogens with zero attached hydrogens (tertiary/aromatic N) is 2. The average Bonchev–Trinajstić information content (AvgIpc) is 2.61. The van der Waals surface area contributed by atoms with Crippen LogP contribution in [0.2, 0.25) is 0 Å². The molecule has 1 saturated carbocycles. The maximum absolute atomic E-state index is 8.99. The van der Waals surface area contributed by atoms with Crippen molar-refractivity contribution in [2.24, 2.45) is 11.8 Å². The van der Waals surface area contributed by atoms with Crippen LogP contribution in [0.25, 0.3) is 0 Å². The second-order valence-electron chi connectivity index (χ2n) is 4.90. The highest BCUT2D eigenvalue weighted by Crippen LogP contribution is 2.28. The molecular formula is C12H22N2. The molecule has 2 unspecified atom stereocenters. The van der Waals surface area contributed by atoms with E-state index in [0.717, 1.165) is 18.9 Å². The van der Waals surface area contributed by atoms with E-state index in [-0.39, 0.29) is 5.92 Å². The monoisotopic (exact) mass is 194 g/mol. The molecule has 0 amide bonds. The van der Waals surface area contributed by atoms with Crippen LogP contribution < -0.4 is 0 Å². The molecular weight excluding hydrogens is 172 g/mol. The van der Waals surface area contributed by atoms with Crippen molar-refractivity contribution in [2.75, 3.05) is 13.6 Å². The highest BCUT2D eigenvalue weighted by Gasteiger charge is 2.29. The minimum atomic E-state index is 0.284. The predicted molar refractivity (Wildman–Crippen MR) is 58.8 cm³/mol. The maximum atomic E-state index is 8.99. The van der Waals surface area contributed by atoms with E-state index >= 15 is 0 Å². The van der Waals surface area contributed by atoms with Crippen molar-refractivity contribution in [1.29, 1.82) is 5.26 Å². The van der Waals surface area contributed by atoms with Gasteiger partial charge in [0.15, 0.2) is 0 Å². The molecule has 0 aliphatic heterocycles. The first-order valence-electron chi connectivity index (χ1n) is 5.75. The first-order valence-corrected chi connectivity index (χ1v) is 5.75. The zero-order valence-electron chi connectivity index (χ0n) is 9.66. The van der Waals surface area contributed by atoms with Gasteiger partial charge in [0, 0.05) is 6.04 Å². The third-order valence-corrected chi connectivity index (χ3v) is 3.27. The Morgan fingerprint density at radius 2 is 2.14 bits per heavy atom. The summed E-state index contributed by atoms with van der Waals surface area (Å²) in [6.45, 7) is 5.65. The number of hydrogen-bond donors (Lipinski definition) is 0. The Labute approximate surface area is 87.9 Å². The van der Waals surface area contributed by atoms with Crippen LogP contribution in [-0.4, -0.2) is 24.5 Å². The van der Waals surface area contributed by atoms with E-state index in [1.165, 1.54) is 19.3 Å². The number of hydrogen-bond acceptors (Lipinski definition) is 2. The Bertz CT molecular complexity index is 205. The normalized spacial score (nSPS) is 27.1. The van der Waals surface area contributed by atoms with Gasteiger partial charge in [0.2, 0.25) is 0 Å². The van der Waals surface area contributed by atoms with Gasteiger partial charge in [-0.2, -0.15) is 5.26 Å². The largest absolute Gasteiger partial charge is 0.302 e. The first-order chi connectivity index (χ1) is 6.65. The van der Waals surface area contributed by atoms with Gasteiger partial charge in [0.25, 0.3) is 0 Å². The Hall–Kier alpha value is -0.550. The van der Waals surface area contributed by atoms with Gasteiger partial charge in [-0.15, -0.1) is 0 Å². The number of rotatable bonds is 4. The van der Waals surface area contributed by atoms with Gasteiger partial charge in [0.1, 0.15) is 0 Å². The fourth-order valence-electron chi connectivity index (χ4n) is 2.25. The van der Waals surface area contributed by atoms with Gasteiger partial charge in [-0.05, 0) is 38.8 Å². The van der Waals surface area contributed by atoms with Crippen molar-refractivity contribution in [2.45, 2.75) is 45.6 Å². The minimum absolute atomic E-state index is 0.284. The maximum Gasteiger partial charge on any atom is 0.0672 e. The van der Waals surface area contributed by atoms with Gasteiger partial charge >= 0.3 is 0 Å². The summed E-state index contributed by atoms with van der Waals surface area (Å²) in [5.41, 5.74) is 0. The zero-order chi connectivity index (χ0) is 10.6. The molecule has 1 aliphatic rings. The molecule has 0 N–H and O–H groups in total. The molecule has 0 aromatic heterocycles. The Morgan fingerprint density at radius 3 is 2.71 bits per heavy atom. The molecule has 14 heavy (non-hydrogen) atoms. The third-order valence-electron chi connectivity index (χ3n) is 3.27. The molecule has 0 radical (unpaired) electrons. The Morgan fingerprint density at radius 1 is 1.43 bits per heavy atom. The summed E-state index contributed by atoms with van der Waals surface area (Å²) in [5, 5.41) is 8.99. The first kappa shape index (κ1) is 11.5. The summed E-state index contributed by atoms with van der Waals surface area (Å²) in [7, 11) is 2.17. The van der Waals surface area contributed by atoms with Crippen molar-refractivity contribution in [1.82, 2.24) is 4.90 Å². The topological polar surface area (TPSA) is 27.0 Å². The summed E-state index contributed by atoms with van der Waals surface area (Å²) in [5.74, 6) is 1.05. The molecule has 0 aromatic carbocycles. The minimum Gasteiger partial charge on any atom is -0.302 e. The smallest absolute Gasteiger partial charge is 0.0672 e. The van der Waals surface area contributed by atoms with Crippen LogP contribution in [0.5, 0.6) is 0 Å². The summed E-state index contributed by atoms with van der Waals surface area (Å²) in [6.07, 6.45) is 4.79. The van der Waals surface area contributed by atoms with Crippen molar-refractivity contribution in [3.8, 4) is 6.07 Å². The second-order valence-corrected chi connectivity index (χ2v) is 4.90. The van der Waals surface area contributed by atoms with E-state index < -0.39 is 0 Å². The van der Waals surface area contributed by atoms with Crippen molar-refractivity contribution < 1.29 is 0 Å². The van der Waals surface area contributed by atoms with Crippen LogP contribution in [0.15, 0.2) is 0 Å². The molecule has 1 aliphatic carbocycles. The fraction of sp³-hybridized carbons (Fsp3) is 0.917. The molecule has 80 valence electrons. The number of nitriles is 1. The van der Waals surface area contributed by atoms with E-state index in [1.807, 2.05) is 0 Å². The summed E-state index contributed by atoms with van der Waals surface area (Å²) >= 11 is 0. The van der Waals surface area contributed by atoms with E-state index in [1.54, 1.807) is 0 Å². The fourth-order valence-corrected chi connectivity index (χ4v) is 2.25. The molecule has 2 nitrogen and oxygen atoms in total. The van der Waals surface area contributed by atoms with Crippen LogP contribution in [0.1, 0.15) is 39.5 Å². The summed E-state index contributed by atoms with van der Waals surface area (Å²) in [6, 6.07) is 2.97. The van der Waals surface area contributed by atoms with Gasteiger partial charge in [-0.1, -0.05) is 20.3 Å².